The van der Waals surface area contributed by atoms with E-state index in [0.717, 1.165) is 0 Å². The molecule has 0 saturated carbocycles. The number of hydrogen-bond donors (Lipinski definition) is 0. The zero-order valence-electron chi connectivity index (χ0n) is 7.52. The number of alkyl halides is 4. The van der Waals surface area contributed by atoms with E-state index in [1.54, 1.807) is 0 Å². The van der Waals surface area contributed by atoms with E-state index in [1.807, 2.05) is 0 Å². The third kappa shape index (κ3) is 1.50. The highest BCUT2D eigenvalue weighted by Crippen LogP contribution is 2.40. The molecule has 14 heavy (non-hydrogen) atoms. The normalized spacial score (nSPS) is 36.4. The SMILES string of the molecule is FC1(F)CC[N]C1N1CCCC1(F)F. The lowest BCUT2D eigenvalue weighted by Gasteiger charge is -2.32. The number of rotatable bonds is 1. The van der Waals surface area contributed by atoms with Gasteiger partial charge in [-0.3, -0.25) is 0 Å². The van der Waals surface area contributed by atoms with E-state index >= 15 is 0 Å². The monoisotopic (exact) mass is 211 g/mol. The maximum Gasteiger partial charge on any atom is 0.306 e. The minimum Gasteiger partial charge on any atom is -0.222 e. The van der Waals surface area contributed by atoms with Gasteiger partial charge in [0, 0.05) is 25.9 Å². The number of likely N-dealkylation sites (tertiary alicyclic amines) is 1. The Hall–Kier alpha value is -0.360. The van der Waals surface area contributed by atoms with Gasteiger partial charge in [0.1, 0.15) is 6.17 Å². The molecule has 0 aromatic rings. The van der Waals surface area contributed by atoms with Crippen molar-refractivity contribution in [3.63, 3.8) is 0 Å². The summed E-state index contributed by atoms with van der Waals surface area (Å²) < 4.78 is 52.5. The molecule has 0 aliphatic carbocycles. The number of halogens is 4. The van der Waals surface area contributed by atoms with E-state index < -0.39 is 24.6 Å². The Morgan fingerprint density at radius 1 is 1.14 bits per heavy atom. The quantitative estimate of drug-likeness (QED) is 0.476. The fraction of sp³-hybridized carbons (Fsp3) is 1.00. The molecule has 2 heterocycles. The minimum absolute atomic E-state index is 0.0107. The predicted molar refractivity (Wildman–Crippen MR) is 41.2 cm³/mol. The summed E-state index contributed by atoms with van der Waals surface area (Å²) in [5, 5.41) is 3.56. The molecule has 1 unspecified atom stereocenters. The summed E-state index contributed by atoms with van der Waals surface area (Å²) in [7, 11) is 0. The highest BCUT2D eigenvalue weighted by molar-refractivity contribution is 4.94. The topological polar surface area (TPSA) is 17.3 Å². The van der Waals surface area contributed by atoms with Gasteiger partial charge in [-0.15, -0.1) is 0 Å². The maximum absolute atomic E-state index is 13.1. The lowest BCUT2D eigenvalue weighted by Crippen LogP contribution is -2.53. The van der Waals surface area contributed by atoms with Gasteiger partial charge in [-0.1, -0.05) is 0 Å². The molecule has 2 aliphatic heterocycles. The first-order valence-electron chi connectivity index (χ1n) is 4.62. The molecule has 0 amide bonds. The highest BCUT2D eigenvalue weighted by Gasteiger charge is 2.56. The van der Waals surface area contributed by atoms with E-state index in [-0.39, 0.29) is 25.9 Å². The molecule has 0 aromatic carbocycles. The van der Waals surface area contributed by atoms with Gasteiger partial charge in [0.25, 0.3) is 5.92 Å². The van der Waals surface area contributed by atoms with Crippen molar-refractivity contribution >= 4 is 0 Å². The molecule has 2 saturated heterocycles. The molecule has 1 radical (unpaired) electrons. The predicted octanol–water partition coefficient (Wildman–Crippen LogP) is 1.64. The van der Waals surface area contributed by atoms with Crippen LogP contribution in [0.3, 0.4) is 0 Å². The fourth-order valence-corrected chi connectivity index (χ4v) is 2.00. The first-order valence-corrected chi connectivity index (χ1v) is 4.62. The van der Waals surface area contributed by atoms with Crippen LogP contribution in [0.25, 0.3) is 0 Å². The molecule has 2 aliphatic rings. The van der Waals surface area contributed by atoms with Gasteiger partial charge in [0.2, 0.25) is 0 Å². The van der Waals surface area contributed by atoms with E-state index in [9.17, 15) is 17.6 Å². The average molecular weight is 211 g/mol. The Bertz CT molecular complexity index is 207. The van der Waals surface area contributed by atoms with Crippen LogP contribution in [0.4, 0.5) is 17.6 Å². The van der Waals surface area contributed by atoms with Crippen LogP contribution >= 0.6 is 0 Å². The Balaban J connectivity index is 2.15. The maximum atomic E-state index is 13.1. The first kappa shape index (κ1) is 10.2. The lowest BCUT2D eigenvalue weighted by molar-refractivity contribution is -0.183. The Morgan fingerprint density at radius 3 is 2.29 bits per heavy atom. The second-order valence-electron chi connectivity index (χ2n) is 3.75. The van der Waals surface area contributed by atoms with Crippen molar-refractivity contribution in [1.82, 2.24) is 10.2 Å². The zero-order valence-corrected chi connectivity index (χ0v) is 7.52. The summed E-state index contributed by atoms with van der Waals surface area (Å²) in [5.74, 6) is -3.09. The smallest absolute Gasteiger partial charge is 0.222 e. The van der Waals surface area contributed by atoms with Crippen LogP contribution in [0.15, 0.2) is 0 Å². The lowest BCUT2D eigenvalue weighted by atomic mass is 10.2. The van der Waals surface area contributed by atoms with Gasteiger partial charge in [-0.05, 0) is 6.42 Å². The Labute approximate surface area is 79.3 Å². The van der Waals surface area contributed by atoms with E-state index in [0.29, 0.717) is 4.90 Å². The average Bonchev–Trinajstić information content (AvgIpc) is 2.53. The molecular weight excluding hydrogens is 200 g/mol. The third-order valence-corrected chi connectivity index (χ3v) is 2.72. The van der Waals surface area contributed by atoms with Crippen molar-refractivity contribution < 1.29 is 17.6 Å². The van der Waals surface area contributed by atoms with Gasteiger partial charge in [0.15, 0.2) is 0 Å². The summed E-state index contributed by atoms with van der Waals surface area (Å²) in [6.07, 6.45) is -2.10. The molecule has 0 bridgehead atoms. The molecule has 2 nitrogen and oxygen atoms in total. The molecule has 1 atom stereocenters. The van der Waals surface area contributed by atoms with Gasteiger partial charge in [0.05, 0.1) is 0 Å². The summed E-state index contributed by atoms with van der Waals surface area (Å²) in [4.78, 5) is 0.542. The van der Waals surface area contributed by atoms with Crippen molar-refractivity contribution in [2.75, 3.05) is 13.1 Å². The van der Waals surface area contributed by atoms with Gasteiger partial charge < -0.3 is 0 Å². The van der Waals surface area contributed by atoms with Crippen LogP contribution < -0.4 is 5.32 Å². The van der Waals surface area contributed by atoms with E-state index in [1.165, 1.54) is 0 Å². The molecule has 0 spiro atoms. The zero-order chi connectivity index (χ0) is 10.4. The molecule has 81 valence electrons. The molecule has 0 N–H and O–H groups in total. The van der Waals surface area contributed by atoms with E-state index in [4.69, 9.17) is 0 Å². The highest BCUT2D eigenvalue weighted by atomic mass is 19.3. The van der Waals surface area contributed by atoms with Crippen LogP contribution in [0.1, 0.15) is 19.3 Å². The van der Waals surface area contributed by atoms with Crippen molar-refractivity contribution in [2.45, 2.75) is 37.4 Å². The Kier molecular flexibility index (Phi) is 2.23. The molecule has 0 aromatic heterocycles. The van der Waals surface area contributed by atoms with Crippen LogP contribution in [0.5, 0.6) is 0 Å². The van der Waals surface area contributed by atoms with Crippen molar-refractivity contribution in [2.24, 2.45) is 0 Å². The van der Waals surface area contributed by atoms with E-state index in [2.05, 4.69) is 5.32 Å². The number of hydrogen-bond acceptors (Lipinski definition) is 1. The largest absolute Gasteiger partial charge is 0.306 e. The summed E-state index contributed by atoms with van der Waals surface area (Å²) >= 11 is 0. The minimum atomic E-state index is -3.11. The second kappa shape index (κ2) is 3.06. The Morgan fingerprint density at radius 2 is 1.86 bits per heavy atom. The summed E-state index contributed by atoms with van der Waals surface area (Å²) in [6.45, 7) is -0.0129. The molecule has 2 fully saturated rings. The molecular formula is C8H11F4N2. The molecule has 6 heteroatoms. The fourth-order valence-electron chi connectivity index (χ4n) is 2.00. The summed E-state index contributed by atoms with van der Waals surface area (Å²) in [6, 6.07) is -3.11. The summed E-state index contributed by atoms with van der Waals surface area (Å²) in [5.41, 5.74) is 0. The number of nitrogens with zero attached hydrogens (tertiary/aromatic N) is 2. The van der Waals surface area contributed by atoms with Crippen LogP contribution in [0, 0.1) is 0 Å². The second-order valence-corrected chi connectivity index (χ2v) is 3.75. The van der Waals surface area contributed by atoms with Crippen molar-refractivity contribution in [3.05, 3.63) is 0 Å². The van der Waals surface area contributed by atoms with Crippen LogP contribution in [-0.2, 0) is 0 Å². The van der Waals surface area contributed by atoms with Gasteiger partial charge >= 0.3 is 6.05 Å². The first-order chi connectivity index (χ1) is 6.43. The van der Waals surface area contributed by atoms with Crippen LogP contribution in [-0.4, -0.2) is 36.1 Å². The van der Waals surface area contributed by atoms with Gasteiger partial charge in [-0.25, -0.2) is 19.0 Å². The third-order valence-electron chi connectivity index (χ3n) is 2.72. The standard InChI is InChI=1S/C8H11F4N2/c9-7(10)3-4-13-6(7)14-5-1-2-8(14,11)12/h6H,1-5H2. The molecule has 2 rings (SSSR count). The van der Waals surface area contributed by atoms with Gasteiger partial charge in [-0.2, -0.15) is 8.78 Å². The van der Waals surface area contributed by atoms with Crippen molar-refractivity contribution in [1.29, 1.82) is 0 Å². The van der Waals surface area contributed by atoms with Crippen molar-refractivity contribution in [3.8, 4) is 0 Å². The van der Waals surface area contributed by atoms with Crippen LogP contribution in [0.2, 0.25) is 0 Å².